The van der Waals surface area contributed by atoms with Crippen LogP contribution < -0.4 is 10.1 Å². The van der Waals surface area contributed by atoms with Gasteiger partial charge in [-0.25, -0.2) is 4.98 Å². The van der Waals surface area contributed by atoms with Crippen molar-refractivity contribution in [1.82, 2.24) is 4.98 Å². The summed E-state index contributed by atoms with van der Waals surface area (Å²) in [6, 6.07) is 4.02. The molecule has 1 aliphatic rings. The maximum atomic E-state index is 11.4. The van der Waals surface area contributed by atoms with E-state index in [4.69, 9.17) is 4.74 Å². The van der Waals surface area contributed by atoms with E-state index in [9.17, 15) is 9.90 Å². The van der Waals surface area contributed by atoms with Crippen LogP contribution in [0.2, 0.25) is 0 Å². The molecular weight excluding hydrogens is 268 g/mol. The highest BCUT2D eigenvalue weighted by Crippen LogP contribution is 2.45. The summed E-state index contributed by atoms with van der Waals surface area (Å²) in [5.74, 6) is -0.133. The first-order chi connectivity index (χ1) is 9.86. The lowest BCUT2D eigenvalue weighted by molar-refractivity contribution is -0.149. The van der Waals surface area contributed by atoms with Gasteiger partial charge in [0.05, 0.1) is 13.0 Å². The number of carboxylic acids is 1. The number of aromatic nitrogens is 1. The van der Waals surface area contributed by atoms with Gasteiger partial charge in [-0.1, -0.05) is 20.8 Å². The number of carbonyl (C=O) groups is 1. The summed E-state index contributed by atoms with van der Waals surface area (Å²) in [6.45, 7) is 6.24. The highest BCUT2D eigenvalue weighted by atomic mass is 16.5. The van der Waals surface area contributed by atoms with Crippen LogP contribution >= 0.6 is 0 Å². The molecule has 5 nitrogen and oxygen atoms in total. The van der Waals surface area contributed by atoms with E-state index in [1.807, 2.05) is 12.1 Å². The van der Waals surface area contributed by atoms with Crippen molar-refractivity contribution in [3.8, 4) is 5.88 Å². The maximum Gasteiger partial charge on any atom is 0.307 e. The molecule has 2 N–H and O–H groups in total. The normalized spacial score (nSPS) is 27.9. The number of hydrogen-bond donors (Lipinski definition) is 2. The lowest BCUT2D eigenvalue weighted by Crippen LogP contribution is -2.48. The Hall–Kier alpha value is -1.78. The third-order valence-corrected chi connectivity index (χ3v) is 5.04. The lowest BCUT2D eigenvalue weighted by Gasteiger charge is -2.46. The summed E-state index contributed by atoms with van der Waals surface area (Å²) in [4.78, 5) is 15.5. The third kappa shape index (κ3) is 3.12. The van der Waals surface area contributed by atoms with E-state index >= 15 is 0 Å². The molecule has 1 saturated carbocycles. The van der Waals surface area contributed by atoms with Gasteiger partial charge in [0.1, 0.15) is 0 Å². The minimum atomic E-state index is -0.684. The molecule has 1 heterocycles. The van der Waals surface area contributed by atoms with Crippen LogP contribution in [0.3, 0.4) is 0 Å². The molecule has 0 saturated heterocycles. The highest BCUT2D eigenvalue weighted by molar-refractivity contribution is 5.71. The molecule has 1 aliphatic carbocycles. The monoisotopic (exact) mass is 292 g/mol. The van der Waals surface area contributed by atoms with Gasteiger partial charge >= 0.3 is 5.97 Å². The fraction of sp³-hybridized carbons (Fsp3) is 0.625. The van der Waals surface area contributed by atoms with Crippen molar-refractivity contribution in [2.45, 2.75) is 39.7 Å². The molecule has 1 aromatic heterocycles. The fourth-order valence-electron chi connectivity index (χ4n) is 3.27. The molecule has 1 fully saturated rings. The smallest absolute Gasteiger partial charge is 0.307 e. The van der Waals surface area contributed by atoms with Gasteiger partial charge in [-0.3, -0.25) is 4.79 Å². The van der Waals surface area contributed by atoms with Crippen molar-refractivity contribution < 1.29 is 14.6 Å². The average molecular weight is 292 g/mol. The molecule has 3 unspecified atom stereocenters. The first kappa shape index (κ1) is 15.6. The van der Waals surface area contributed by atoms with Gasteiger partial charge < -0.3 is 15.2 Å². The van der Waals surface area contributed by atoms with Crippen LogP contribution in [-0.4, -0.2) is 29.2 Å². The first-order valence-corrected chi connectivity index (χ1v) is 7.35. The van der Waals surface area contributed by atoms with Gasteiger partial charge in [-0.15, -0.1) is 0 Å². The molecule has 0 radical (unpaired) electrons. The summed E-state index contributed by atoms with van der Waals surface area (Å²) in [7, 11) is 1.59. The van der Waals surface area contributed by atoms with E-state index in [1.54, 1.807) is 13.3 Å². The molecule has 5 heteroatoms. The van der Waals surface area contributed by atoms with E-state index in [-0.39, 0.29) is 23.3 Å². The van der Waals surface area contributed by atoms with Crippen molar-refractivity contribution in [2.24, 2.45) is 17.3 Å². The van der Waals surface area contributed by atoms with Crippen LogP contribution in [0.15, 0.2) is 18.3 Å². The zero-order chi connectivity index (χ0) is 15.6. The van der Waals surface area contributed by atoms with Crippen molar-refractivity contribution in [3.05, 3.63) is 18.3 Å². The third-order valence-electron chi connectivity index (χ3n) is 5.04. The molecule has 0 amide bonds. The molecule has 21 heavy (non-hydrogen) atoms. The Morgan fingerprint density at radius 3 is 2.81 bits per heavy atom. The lowest BCUT2D eigenvalue weighted by atomic mass is 9.61. The van der Waals surface area contributed by atoms with Gasteiger partial charge in [0.25, 0.3) is 0 Å². The second-order valence-corrected chi connectivity index (χ2v) is 6.42. The van der Waals surface area contributed by atoms with Crippen LogP contribution in [0.4, 0.5) is 5.69 Å². The topological polar surface area (TPSA) is 71.5 Å². The molecule has 116 valence electrons. The summed E-state index contributed by atoms with van der Waals surface area (Å²) < 4.78 is 5.13. The van der Waals surface area contributed by atoms with Crippen molar-refractivity contribution in [2.75, 3.05) is 12.4 Å². The number of anilines is 1. The molecule has 0 bridgehead atoms. The summed E-state index contributed by atoms with van der Waals surface area (Å²) in [6.07, 6.45) is 3.26. The van der Waals surface area contributed by atoms with Gasteiger partial charge in [0.15, 0.2) is 0 Å². The first-order valence-electron chi connectivity index (χ1n) is 7.35. The van der Waals surface area contributed by atoms with Gasteiger partial charge in [-0.2, -0.15) is 0 Å². The molecule has 3 atom stereocenters. The quantitative estimate of drug-likeness (QED) is 0.892. The molecular formula is C16H24N2O3. The predicted octanol–water partition coefficient (Wildman–Crippen LogP) is 3.03. The van der Waals surface area contributed by atoms with Crippen LogP contribution in [0.25, 0.3) is 0 Å². The van der Waals surface area contributed by atoms with Crippen molar-refractivity contribution >= 4 is 11.7 Å². The minimum Gasteiger partial charge on any atom is -0.481 e. The number of methoxy groups -OCH3 is 1. The van der Waals surface area contributed by atoms with E-state index in [1.165, 1.54) is 0 Å². The van der Waals surface area contributed by atoms with Crippen molar-refractivity contribution in [1.29, 1.82) is 0 Å². The number of ether oxygens (including phenoxy) is 1. The van der Waals surface area contributed by atoms with Gasteiger partial charge in [0, 0.05) is 24.0 Å². The van der Waals surface area contributed by atoms with Crippen molar-refractivity contribution in [3.63, 3.8) is 0 Å². The molecule has 0 aliphatic heterocycles. The van der Waals surface area contributed by atoms with Crippen LogP contribution in [-0.2, 0) is 4.79 Å². The van der Waals surface area contributed by atoms with E-state index in [0.29, 0.717) is 12.3 Å². The molecule has 0 spiro atoms. The Labute approximate surface area is 125 Å². The van der Waals surface area contributed by atoms with Gasteiger partial charge in [-0.05, 0) is 30.2 Å². The molecule has 2 rings (SSSR count). The number of hydrogen-bond acceptors (Lipinski definition) is 4. The second-order valence-electron chi connectivity index (χ2n) is 6.42. The molecule has 0 aromatic carbocycles. The Bertz CT molecular complexity index is 516. The Kier molecular flexibility index (Phi) is 4.40. The summed E-state index contributed by atoms with van der Waals surface area (Å²) in [5.41, 5.74) is 0.724. The number of nitrogens with zero attached hydrogens (tertiary/aromatic N) is 1. The van der Waals surface area contributed by atoms with E-state index in [2.05, 4.69) is 31.1 Å². The number of aliphatic carboxylic acids is 1. The van der Waals surface area contributed by atoms with Crippen LogP contribution in [0.5, 0.6) is 5.88 Å². The average Bonchev–Trinajstić information content (AvgIpc) is 2.44. The summed E-state index contributed by atoms with van der Waals surface area (Å²) in [5, 5.41) is 12.9. The molecule has 1 aromatic rings. The zero-order valence-electron chi connectivity index (χ0n) is 13.1. The fourth-order valence-corrected chi connectivity index (χ4v) is 3.27. The Balaban J connectivity index is 2.13. The summed E-state index contributed by atoms with van der Waals surface area (Å²) >= 11 is 0. The number of carboxylic acid groups (broad SMARTS) is 1. The SMILES string of the molecule is COc1cc(NC2CCC(C(=O)O)C(C)(C)C2C)ccn1. The van der Waals surface area contributed by atoms with E-state index < -0.39 is 5.97 Å². The van der Waals surface area contributed by atoms with E-state index in [0.717, 1.165) is 12.1 Å². The van der Waals surface area contributed by atoms with Crippen LogP contribution in [0.1, 0.15) is 33.6 Å². The second kappa shape index (κ2) is 5.92. The largest absolute Gasteiger partial charge is 0.481 e. The van der Waals surface area contributed by atoms with Crippen LogP contribution in [0, 0.1) is 17.3 Å². The van der Waals surface area contributed by atoms with Gasteiger partial charge in [0.2, 0.25) is 5.88 Å². The standard InChI is InChI=1S/C16H24N2O3/c1-10-13(6-5-12(15(19)20)16(10,2)3)18-11-7-8-17-14(9-11)21-4/h7-10,12-13H,5-6H2,1-4H3,(H,17,18)(H,19,20). The Morgan fingerprint density at radius 2 is 2.19 bits per heavy atom. The number of pyridine rings is 1. The zero-order valence-corrected chi connectivity index (χ0v) is 13.1. The highest BCUT2D eigenvalue weighted by Gasteiger charge is 2.46. The predicted molar refractivity (Wildman–Crippen MR) is 81.5 cm³/mol. The Morgan fingerprint density at radius 1 is 1.48 bits per heavy atom. The minimum absolute atomic E-state index is 0.237. The number of nitrogens with one attached hydrogen (secondary N) is 1. The number of rotatable bonds is 4. The maximum absolute atomic E-state index is 11.4.